The maximum Gasteiger partial charge on any atom is 0.0606 e. The Morgan fingerprint density at radius 3 is 2.29 bits per heavy atom. The van der Waals surface area contributed by atoms with Crippen LogP contribution in [0.5, 0.6) is 0 Å². The van der Waals surface area contributed by atoms with Gasteiger partial charge in [0.2, 0.25) is 0 Å². The van der Waals surface area contributed by atoms with E-state index in [9.17, 15) is 0 Å². The highest BCUT2D eigenvalue weighted by molar-refractivity contribution is 5.63. The molecular formula is C18H24N2O. The molecule has 2 aromatic rings. The van der Waals surface area contributed by atoms with Gasteiger partial charge in [0.05, 0.1) is 6.61 Å². The summed E-state index contributed by atoms with van der Waals surface area (Å²) in [5, 5.41) is 9.07. The van der Waals surface area contributed by atoms with E-state index in [1.54, 1.807) is 0 Å². The SMILES string of the molecule is CN(C)c1cc(N(C)CCO)ccc1Cc1ccccc1. The lowest BCUT2D eigenvalue weighted by Crippen LogP contribution is -2.22. The molecule has 0 atom stereocenters. The van der Waals surface area contributed by atoms with Crippen molar-refractivity contribution in [2.45, 2.75) is 6.42 Å². The van der Waals surface area contributed by atoms with Crippen molar-refractivity contribution in [3.63, 3.8) is 0 Å². The molecule has 0 heterocycles. The molecule has 112 valence electrons. The summed E-state index contributed by atoms with van der Waals surface area (Å²) in [6, 6.07) is 17.0. The first-order chi connectivity index (χ1) is 10.1. The molecule has 0 unspecified atom stereocenters. The van der Waals surface area contributed by atoms with Gasteiger partial charge in [-0.05, 0) is 29.7 Å². The van der Waals surface area contributed by atoms with Gasteiger partial charge in [-0.1, -0.05) is 36.4 Å². The lowest BCUT2D eigenvalue weighted by molar-refractivity contribution is 0.304. The van der Waals surface area contributed by atoms with E-state index in [0.717, 1.165) is 12.1 Å². The third-order valence-electron chi connectivity index (χ3n) is 3.66. The molecule has 0 saturated heterocycles. The first kappa shape index (κ1) is 15.4. The number of benzene rings is 2. The molecule has 0 fully saturated rings. The van der Waals surface area contributed by atoms with E-state index in [0.29, 0.717) is 6.54 Å². The summed E-state index contributed by atoms with van der Waals surface area (Å²) in [6.45, 7) is 0.810. The van der Waals surface area contributed by atoms with E-state index in [4.69, 9.17) is 5.11 Å². The van der Waals surface area contributed by atoms with Crippen LogP contribution in [0.3, 0.4) is 0 Å². The second kappa shape index (κ2) is 7.14. The molecule has 0 aliphatic carbocycles. The van der Waals surface area contributed by atoms with Gasteiger partial charge < -0.3 is 14.9 Å². The standard InChI is InChI=1S/C18H24N2O/c1-19(2)18-14-17(20(3)11-12-21)10-9-16(18)13-15-7-5-4-6-8-15/h4-10,14,21H,11-13H2,1-3H3. The van der Waals surface area contributed by atoms with Crippen LogP contribution >= 0.6 is 0 Å². The Morgan fingerprint density at radius 1 is 0.952 bits per heavy atom. The van der Waals surface area contributed by atoms with E-state index < -0.39 is 0 Å². The Hall–Kier alpha value is -2.00. The van der Waals surface area contributed by atoms with Crippen molar-refractivity contribution in [2.75, 3.05) is 44.1 Å². The number of likely N-dealkylation sites (N-methyl/N-ethyl adjacent to an activating group) is 1. The molecule has 0 aliphatic heterocycles. The summed E-state index contributed by atoms with van der Waals surface area (Å²) in [4.78, 5) is 4.22. The van der Waals surface area contributed by atoms with Crippen molar-refractivity contribution in [1.29, 1.82) is 0 Å². The minimum Gasteiger partial charge on any atom is -0.395 e. The van der Waals surface area contributed by atoms with Crippen molar-refractivity contribution < 1.29 is 5.11 Å². The maximum atomic E-state index is 9.07. The van der Waals surface area contributed by atoms with Crippen LogP contribution in [-0.2, 0) is 6.42 Å². The fourth-order valence-electron chi connectivity index (χ4n) is 2.45. The zero-order valence-electron chi connectivity index (χ0n) is 13.1. The molecule has 1 N–H and O–H groups in total. The van der Waals surface area contributed by atoms with Crippen LogP contribution in [0.1, 0.15) is 11.1 Å². The predicted molar refractivity (Wildman–Crippen MR) is 90.4 cm³/mol. The highest BCUT2D eigenvalue weighted by Crippen LogP contribution is 2.27. The Morgan fingerprint density at radius 2 is 1.67 bits per heavy atom. The smallest absolute Gasteiger partial charge is 0.0606 e. The van der Waals surface area contributed by atoms with E-state index >= 15 is 0 Å². The van der Waals surface area contributed by atoms with Gasteiger partial charge in [-0.3, -0.25) is 0 Å². The van der Waals surface area contributed by atoms with Crippen molar-refractivity contribution in [1.82, 2.24) is 0 Å². The fourth-order valence-corrected chi connectivity index (χ4v) is 2.45. The molecule has 0 saturated carbocycles. The summed E-state index contributed by atoms with van der Waals surface area (Å²) in [7, 11) is 6.14. The largest absolute Gasteiger partial charge is 0.395 e. The third-order valence-corrected chi connectivity index (χ3v) is 3.66. The zero-order valence-corrected chi connectivity index (χ0v) is 13.1. The normalized spacial score (nSPS) is 10.5. The summed E-state index contributed by atoms with van der Waals surface area (Å²) in [5.74, 6) is 0. The number of rotatable bonds is 6. The fraction of sp³-hybridized carbons (Fsp3) is 0.333. The van der Waals surface area contributed by atoms with Crippen LogP contribution in [0.4, 0.5) is 11.4 Å². The molecule has 0 aliphatic rings. The summed E-state index contributed by atoms with van der Waals surface area (Å²) in [5.41, 5.74) is 4.98. The van der Waals surface area contributed by atoms with Crippen molar-refractivity contribution in [2.24, 2.45) is 0 Å². The quantitative estimate of drug-likeness (QED) is 0.883. The van der Waals surface area contributed by atoms with Crippen LogP contribution in [0, 0.1) is 0 Å². The van der Waals surface area contributed by atoms with E-state index in [-0.39, 0.29) is 6.61 Å². The van der Waals surface area contributed by atoms with Gasteiger partial charge in [0.15, 0.2) is 0 Å². The van der Waals surface area contributed by atoms with E-state index in [1.165, 1.54) is 16.8 Å². The van der Waals surface area contributed by atoms with Gasteiger partial charge in [-0.2, -0.15) is 0 Å². The topological polar surface area (TPSA) is 26.7 Å². The van der Waals surface area contributed by atoms with Gasteiger partial charge in [0.25, 0.3) is 0 Å². The lowest BCUT2D eigenvalue weighted by Gasteiger charge is -2.23. The summed E-state index contributed by atoms with van der Waals surface area (Å²) < 4.78 is 0. The molecule has 3 nitrogen and oxygen atoms in total. The predicted octanol–water partition coefficient (Wildman–Crippen LogP) is 2.77. The Bertz CT molecular complexity index is 567. The number of hydrogen-bond donors (Lipinski definition) is 1. The minimum atomic E-state index is 0.166. The Balaban J connectivity index is 2.29. The maximum absolute atomic E-state index is 9.07. The lowest BCUT2D eigenvalue weighted by atomic mass is 10.0. The molecule has 2 aromatic carbocycles. The van der Waals surface area contributed by atoms with E-state index in [2.05, 4.69) is 66.4 Å². The number of aliphatic hydroxyl groups is 1. The van der Waals surface area contributed by atoms with Gasteiger partial charge in [-0.25, -0.2) is 0 Å². The average molecular weight is 284 g/mol. The molecule has 3 heteroatoms. The summed E-state index contributed by atoms with van der Waals surface area (Å²) >= 11 is 0. The van der Waals surface area contributed by atoms with Crippen molar-refractivity contribution in [3.05, 3.63) is 59.7 Å². The first-order valence-corrected chi connectivity index (χ1v) is 7.28. The van der Waals surface area contributed by atoms with Crippen LogP contribution < -0.4 is 9.80 Å². The number of anilines is 2. The monoisotopic (exact) mass is 284 g/mol. The minimum absolute atomic E-state index is 0.166. The van der Waals surface area contributed by atoms with Crippen molar-refractivity contribution in [3.8, 4) is 0 Å². The number of nitrogens with zero attached hydrogens (tertiary/aromatic N) is 2. The van der Waals surface area contributed by atoms with Crippen LogP contribution in [0.25, 0.3) is 0 Å². The van der Waals surface area contributed by atoms with Gasteiger partial charge in [0, 0.05) is 39.1 Å². The highest BCUT2D eigenvalue weighted by Gasteiger charge is 2.09. The number of aliphatic hydroxyl groups excluding tert-OH is 1. The molecule has 0 radical (unpaired) electrons. The summed E-state index contributed by atoms with van der Waals surface area (Å²) in [6.07, 6.45) is 0.929. The molecule has 0 spiro atoms. The first-order valence-electron chi connectivity index (χ1n) is 7.28. The molecule has 0 aromatic heterocycles. The molecular weight excluding hydrogens is 260 g/mol. The molecule has 0 amide bonds. The molecule has 2 rings (SSSR count). The average Bonchev–Trinajstić information content (AvgIpc) is 2.48. The zero-order chi connectivity index (χ0) is 15.2. The van der Waals surface area contributed by atoms with Crippen LogP contribution in [0.15, 0.2) is 48.5 Å². The van der Waals surface area contributed by atoms with Gasteiger partial charge in [0.1, 0.15) is 0 Å². The third kappa shape index (κ3) is 3.99. The van der Waals surface area contributed by atoms with Crippen LogP contribution in [-0.4, -0.2) is 39.4 Å². The number of hydrogen-bond acceptors (Lipinski definition) is 3. The van der Waals surface area contributed by atoms with Gasteiger partial charge >= 0.3 is 0 Å². The van der Waals surface area contributed by atoms with Gasteiger partial charge in [-0.15, -0.1) is 0 Å². The molecule has 0 bridgehead atoms. The van der Waals surface area contributed by atoms with E-state index in [1.807, 2.05) is 13.1 Å². The highest BCUT2D eigenvalue weighted by atomic mass is 16.3. The second-order valence-corrected chi connectivity index (χ2v) is 5.51. The molecule has 21 heavy (non-hydrogen) atoms. The Kier molecular flexibility index (Phi) is 5.23. The Labute approximate surface area is 127 Å². The van der Waals surface area contributed by atoms with Crippen LogP contribution in [0.2, 0.25) is 0 Å². The second-order valence-electron chi connectivity index (χ2n) is 5.51. The van der Waals surface area contributed by atoms with Crippen molar-refractivity contribution >= 4 is 11.4 Å².